The number of anilines is 6. The third-order valence-corrected chi connectivity index (χ3v) is 12.6. The normalized spacial score (nSPS) is 11.1. The molecule has 6 heteroatoms. The lowest BCUT2D eigenvalue weighted by molar-refractivity contribution is 1.04. The van der Waals surface area contributed by atoms with Crippen molar-refractivity contribution in [3.8, 4) is 28.6 Å². The van der Waals surface area contributed by atoms with Crippen LogP contribution in [0.5, 0.6) is 0 Å². The monoisotopic (exact) mass is 824 g/mol. The fourth-order valence-corrected chi connectivity index (χ4v) is 9.09. The van der Waals surface area contributed by atoms with E-state index in [1.807, 2.05) is 72.8 Å². The number of hydrogen-bond donors (Lipinski definition) is 0. The molecule has 2 aromatic heterocycles. The van der Waals surface area contributed by atoms with E-state index in [-0.39, 0.29) is 0 Å². The van der Waals surface area contributed by atoms with E-state index in [4.69, 9.17) is 6.57 Å². The molecule has 0 radical (unpaired) electrons. The van der Waals surface area contributed by atoms with Crippen molar-refractivity contribution in [3.63, 3.8) is 0 Å². The Morgan fingerprint density at radius 2 is 0.797 bits per heavy atom. The molecule has 2 heterocycles. The fraction of sp³-hybridized carbons (Fsp3) is 0.0690. The molecule has 64 heavy (non-hydrogen) atoms. The zero-order valence-corrected chi connectivity index (χ0v) is 36.2. The molecule has 0 N–H and O–H groups in total. The van der Waals surface area contributed by atoms with Gasteiger partial charge in [0.1, 0.15) is 0 Å². The lowest BCUT2D eigenvalue weighted by Crippen LogP contribution is -2.10. The van der Waals surface area contributed by atoms with Gasteiger partial charge < -0.3 is 18.9 Å². The number of aryl methyl sites for hydroxylation is 2. The maximum atomic E-state index is 9.41. The molecular weight excluding hydrogens is 781 g/mol. The average molecular weight is 825 g/mol. The number of hydrogen-bond acceptors (Lipinski definition) is 3. The summed E-state index contributed by atoms with van der Waals surface area (Å²) in [5.74, 6) is 0. The van der Waals surface area contributed by atoms with E-state index >= 15 is 0 Å². The Balaban J connectivity index is 0.963. The molecule has 0 aliphatic carbocycles. The van der Waals surface area contributed by atoms with E-state index in [1.165, 1.54) is 55.4 Å². The summed E-state index contributed by atoms with van der Waals surface area (Å²) in [6, 6.07) is 69.6. The van der Waals surface area contributed by atoms with Gasteiger partial charge in [-0.3, -0.25) is 0 Å². The Morgan fingerprint density at radius 1 is 0.438 bits per heavy atom. The van der Waals surface area contributed by atoms with Crippen molar-refractivity contribution < 1.29 is 0 Å². The lowest BCUT2D eigenvalue weighted by Gasteiger charge is -2.26. The van der Waals surface area contributed by atoms with Crippen molar-refractivity contribution in [3.05, 3.63) is 234 Å². The lowest BCUT2D eigenvalue weighted by atomic mass is 10.00. The van der Waals surface area contributed by atoms with E-state index in [2.05, 4.69) is 179 Å². The van der Waals surface area contributed by atoms with Crippen LogP contribution >= 0.6 is 0 Å². The molecule has 0 saturated carbocycles. The predicted molar refractivity (Wildman–Crippen MR) is 265 cm³/mol. The Labute approximate surface area is 374 Å². The van der Waals surface area contributed by atoms with Crippen LogP contribution in [0.25, 0.3) is 49.2 Å². The number of fused-ring (bicyclic) bond motifs is 2. The highest BCUT2D eigenvalue weighted by Crippen LogP contribution is 2.40. The summed E-state index contributed by atoms with van der Waals surface area (Å²) < 4.78 is 4.72. The van der Waals surface area contributed by atoms with Crippen LogP contribution < -0.4 is 9.80 Å². The first kappa shape index (κ1) is 39.5. The number of benzene rings is 8. The van der Waals surface area contributed by atoms with Crippen LogP contribution in [0.1, 0.15) is 28.1 Å². The third kappa shape index (κ3) is 6.94. The molecule has 306 valence electrons. The first-order valence-corrected chi connectivity index (χ1v) is 21.4. The first-order valence-electron chi connectivity index (χ1n) is 21.4. The zero-order valence-electron chi connectivity index (χ0n) is 36.2. The summed E-state index contributed by atoms with van der Waals surface area (Å²) in [7, 11) is 0. The van der Waals surface area contributed by atoms with Gasteiger partial charge in [0, 0.05) is 67.7 Å². The highest BCUT2D eigenvalue weighted by molar-refractivity contribution is 5.95. The summed E-state index contributed by atoms with van der Waals surface area (Å²) in [5.41, 5.74) is 19.3. The van der Waals surface area contributed by atoms with Gasteiger partial charge in [0.2, 0.25) is 0 Å². The molecule has 0 unspecified atom stereocenters. The Kier molecular flexibility index (Phi) is 10.1. The summed E-state index contributed by atoms with van der Waals surface area (Å²) in [6.45, 7) is 16.3. The molecule has 0 saturated heterocycles. The van der Waals surface area contributed by atoms with Gasteiger partial charge in [0.25, 0.3) is 0 Å². The molecule has 10 rings (SSSR count). The maximum absolute atomic E-state index is 9.41. The predicted octanol–water partition coefficient (Wildman–Crippen LogP) is 15.8. The van der Waals surface area contributed by atoms with Gasteiger partial charge in [0.05, 0.1) is 29.2 Å². The molecule has 8 aromatic carbocycles. The van der Waals surface area contributed by atoms with E-state index in [0.717, 1.165) is 45.5 Å². The van der Waals surface area contributed by atoms with Crippen molar-refractivity contribution >= 4 is 61.6 Å². The Hall–Kier alpha value is -8.58. The highest BCUT2D eigenvalue weighted by atomic mass is 15.1. The van der Waals surface area contributed by atoms with E-state index < -0.39 is 0 Å². The van der Waals surface area contributed by atoms with Gasteiger partial charge in [-0.15, -0.1) is 0 Å². The molecule has 0 bridgehead atoms. The molecule has 0 spiro atoms. The number of rotatable bonds is 9. The molecule has 0 aliphatic heterocycles. The summed E-state index contributed by atoms with van der Waals surface area (Å²) in [5, 5.41) is 11.9. The van der Waals surface area contributed by atoms with Crippen molar-refractivity contribution in [1.82, 2.24) is 9.13 Å². The number of aromatic nitrogens is 2. The summed E-state index contributed by atoms with van der Waals surface area (Å²) in [4.78, 5) is 8.03. The van der Waals surface area contributed by atoms with E-state index in [1.54, 1.807) is 0 Å². The second kappa shape index (κ2) is 16.4. The van der Waals surface area contributed by atoms with Crippen molar-refractivity contribution in [2.45, 2.75) is 27.7 Å². The largest absolute Gasteiger partial charge is 0.314 e. The molecule has 10 aromatic rings. The quantitative estimate of drug-likeness (QED) is 0.136. The Bertz CT molecular complexity index is 3170. The van der Waals surface area contributed by atoms with Crippen LogP contribution in [-0.4, -0.2) is 9.13 Å². The van der Waals surface area contributed by atoms with Gasteiger partial charge in [-0.2, -0.15) is 5.26 Å². The summed E-state index contributed by atoms with van der Waals surface area (Å²) in [6.07, 6.45) is 0. The van der Waals surface area contributed by atoms with Crippen LogP contribution in [0.15, 0.2) is 194 Å². The molecule has 0 amide bonds. The number of nitriles is 1. The van der Waals surface area contributed by atoms with Crippen molar-refractivity contribution in [2.24, 2.45) is 0 Å². The van der Waals surface area contributed by atoms with Gasteiger partial charge >= 0.3 is 0 Å². The molecule has 6 nitrogen and oxygen atoms in total. The smallest absolute Gasteiger partial charge is 0.187 e. The molecular formula is C58H44N6. The number of para-hydroxylation sites is 2. The number of nitrogens with zero attached hydrogens (tertiary/aromatic N) is 6. The van der Waals surface area contributed by atoms with Crippen molar-refractivity contribution in [1.29, 1.82) is 5.26 Å². The topological polar surface area (TPSA) is 44.5 Å². The fourth-order valence-electron chi connectivity index (χ4n) is 9.09. The van der Waals surface area contributed by atoms with Crippen molar-refractivity contribution in [2.75, 3.05) is 9.80 Å². The SMILES string of the molecule is [C-]#[N+]c1ccc(N(c2ccccc2)c2ccc(-n3c(C)c(C)c4cc(-c5ccc6c(c5)c(C)c(C)n6-c5ccc(N(c6ccccc6)c6ccc(C#N)cc6)cc5)ccc43)cc2)cc1. The Morgan fingerprint density at radius 3 is 1.17 bits per heavy atom. The van der Waals surface area contributed by atoms with Crippen LogP contribution in [0.2, 0.25) is 0 Å². The average Bonchev–Trinajstić information content (AvgIpc) is 3.76. The van der Waals surface area contributed by atoms with Crippen LogP contribution in [0, 0.1) is 45.6 Å². The second-order valence-electron chi connectivity index (χ2n) is 16.2. The van der Waals surface area contributed by atoms with Gasteiger partial charge in [0.15, 0.2) is 5.69 Å². The summed E-state index contributed by atoms with van der Waals surface area (Å²) >= 11 is 0. The van der Waals surface area contributed by atoms with Gasteiger partial charge in [-0.05, 0) is 183 Å². The van der Waals surface area contributed by atoms with Crippen LogP contribution in [0.4, 0.5) is 39.8 Å². The third-order valence-electron chi connectivity index (χ3n) is 12.6. The van der Waals surface area contributed by atoms with Gasteiger partial charge in [-0.1, -0.05) is 60.7 Å². The minimum absolute atomic E-state index is 0.623. The van der Waals surface area contributed by atoms with Gasteiger partial charge in [-0.25, -0.2) is 4.85 Å². The maximum Gasteiger partial charge on any atom is 0.187 e. The standard InChI is InChI=1S/C58H44N6/c1-39-41(3)61(49-26-30-53(31-27-49)63(47-12-8-6-9-13-47)51-22-16-43(38-59)17-23-51)57-34-18-44(36-55(39)57)45-19-35-58-56(37-45)40(2)42(4)62(58)50-28-32-54(33-29-50)64(48-14-10-7-11-15-48)52-24-20-46(60-5)21-25-52/h6-37H,1-4H3. The minimum atomic E-state index is 0.623. The molecule has 0 atom stereocenters. The first-order chi connectivity index (χ1) is 31.3. The highest BCUT2D eigenvalue weighted by Gasteiger charge is 2.19. The van der Waals surface area contributed by atoms with Crippen LogP contribution in [0.3, 0.4) is 0 Å². The van der Waals surface area contributed by atoms with Crippen LogP contribution in [-0.2, 0) is 0 Å². The minimum Gasteiger partial charge on any atom is -0.314 e. The molecule has 0 aliphatic rings. The molecule has 0 fully saturated rings. The van der Waals surface area contributed by atoms with E-state index in [9.17, 15) is 5.26 Å². The van der Waals surface area contributed by atoms with E-state index in [0.29, 0.717) is 11.3 Å². The zero-order chi connectivity index (χ0) is 43.9. The second-order valence-corrected chi connectivity index (χ2v) is 16.2.